The van der Waals surface area contributed by atoms with Gasteiger partial charge >= 0.3 is 6.09 Å². The first-order valence-corrected chi connectivity index (χ1v) is 8.42. The molecule has 25 heavy (non-hydrogen) atoms. The maximum atomic E-state index is 12.6. The van der Waals surface area contributed by atoms with E-state index < -0.39 is 6.09 Å². The topological polar surface area (TPSA) is 94.3 Å². The van der Waals surface area contributed by atoms with Crippen molar-refractivity contribution in [1.82, 2.24) is 4.98 Å². The monoisotopic (exact) mass is 355 g/mol. The SMILES string of the molecule is Cc1cc(C)c(NC(=O)c2ccc3sc(OC(N)=O)nc3c2)c(C)c1. The first-order chi connectivity index (χ1) is 11.8. The van der Waals surface area contributed by atoms with Crippen LogP contribution < -0.4 is 15.8 Å². The van der Waals surface area contributed by atoms with Gasteiger partial charge in [-0.15, -0.1) is 0 Å². The van der Waals surface area contributed by atoms with Gasteiger partial charge in [0.1, 0.15) is 0 Å². The predicted octanol–water partition coefficient (Wildman–Crippen LogP) is 3.93. The summed E-state index contributed by atoms with van der Waals surface area (Å²) in [5.74, 6) is -0.220. The van der Waals surface area contributed by atoms with Gasteiger partial charge in [-0.05, 0) is 50.1 Å². The van der Waals surface area contributed by atoms with Crippen LogP contribution in [-0.2, 0) is 0 Å². The molecule has 0 saturated carbocycles. The van der Waals surface area contributed by atoms with Gasteiger partial charge in [-0.3, -0.25) is 4.79 Å². The van der Waals surface area contributed by atoms with Crippen LogP contribution in [0, 0.1) is 20.8 Å². The van der Waals surface area contributed by atoms with Crippen LogP contribution >= 0.6 is 11.3 Å². The summed E-state index contributed by atoms with van der Waals surface area (Å²) in [4.78, 5) is 27.6. The molecule has 3 N–H and O–H groups in total. The van der Waals surface area contributed by atoms with Crippen molar-refractivity contribution in [2.24, 2.45) is 5.73 Å². The summed E-state index contributed by atoms with van der Waals surface area (Å²) in [6.07, 6.45) is -0.914. The highest BCUT2D eigenvalue weighted by molar-refractivity contribution is 7.20. The third kappa shape index (κ3) is 3.61. The minimum atomic E-state index is -0.914. The highest BCUT2D eigenvalue weighted by atomic mass is 32.1. The molecule has 6 nitrogen and oxygen atoms in total. The number of carbonyl (C=O) groups excluding carboxylic acids is 2. The highest BCUT2D eigenvalue weighted by Crippen LogP contribution is 2.29. The standard InChI is InChI=1S/C18H17N3O3S/c1-9-6-10(2)15(11(3)7-9)21-16(22)12-4-5-14-13(8-12)20-18(25-14)24-17(19)23/h4-8H,1-3H3,(H2,19,23)(H,21,22). The number of hydrogen-bond donors (Lipinski definition) is 2. The molecule has 0 atom stereocenters. The molecule has 2 amide bonds. The minimum Gasteiger partial charge on any atom is -0.381 e. The van der Waals surface area contributed by atoms with Crippen molar-refractivity contribution < 1.29 is 14.3 Å². The maximum absolute atomic E-state index is 12.6. The molecule has 3 aromatic rings. The summed E-state index contributed by atoms with van der Waals surface area (Å²) in [5, 5.41) is 3.11. The summed E-state index contributed by atoms with van der Waals surface area (Å²) >= 11 is 1.19. The molecule has 0 bridgehead atoms. The van der Waals surface area contributed by atoms with Crippen molar-refractivity contribution in [3.8, 4) is 5.19 Å². The number of amides is 2. The Hall–Kier alpha value is -2.93. The lowest BCUT2D eigenvalue weighted by Crippen LogP contribution is -2.15. The largest absolute Gasteiger partial charge is 0.411 e. The van der Waals surface area contributed by atoms with Crippen LogP contribution in [0.2, 0.25) is 0 Å². The lowest BCUT2D eigenvalue weighted by molar-refractivity contribution is 0.102. The number of benzene rings is 2. The second-order valence-corrected chi connectivity index (χ2v) is 6.80. The second-order valence-electron chi connectivity index (χ2n) is 5.81. The van der Waals surface area contributed by atoms with Crippen molar-refractivity contribution in [3.05, 3.63) is 52.6 Å². The van der Waals surface area contributed by atoms with Gasteiger partial charge in [0.25, 0.3) is 11.1 Å². The smallest absolute Gasteiger partial charge is 0.381 e. The predicted molar refractivity (Wildman–Crippen MR) is 98.4 cm³/mol. The Morgan fingerprint density at radius 3 is 2.44 bits per heavy atom. The van der Waals surface area contributed by atoms with E-state index in [4.69, 9.17) is 10.5 Å². The normalized spacial score (nSPS) is 10.7. The average molecular weight is 355 g/mol. The van der Waals surface area contributed by atoms with E-state index in [1.54, 1.807) is 18.2 Å². The molecule has 1 heterocycles. The van der Waals surface area contributed by atoms with Gasteiger partial charge < -0.3 is 15.8 Å². The van der Waals surface area contributed by atoms with Gasteiger partial charge in [-0.2, -0.15) is 0 Å². The van der Waals surface area contributed by atoms with Crippen LogP contribution in [0.3, 0.4) is 0 Å². The second kappa shape index (κ2) is 6.52. The third-order valence-corrected chi connectivity index (χ3v) is 4.65. The lowest BCUT2D eigenvalue weighted by atomic mass is 10.0. The fourth-order valence-electron chi connectivity index (χ4n) is 2.74. The first-order valence-electron chi connectivity index (χ1n) is 7.60. The quantitative estimate of drug-likeness (QED) is 0.744. The molecular formula is C18H17N3O3S. The number of rotatable bonds is 3. The van der Waals surface area contributed by atoms with E-state index >= 15 is 0 Å². The molecule has 0 aliphatic rings. The van der Waals surface area contributed by atoms with E-state index in [2.05, 4.69) is 10.3 Å². The zero-order chi connectivity index (χ0) is 18.1. The number of ether oxygens (including phenoxy) is 1. The Morgan fingerprint density at radius 2 is 1.80 bits per heavy atom. The van der Waals surface area contributed by atoms with Gasteiger partial charge in [0, 0.05) is 11.3 Å². The number of aromatic nitrogens is 1. The Kier molecular flexibility index (Phi) is 4.41. The number of carbonyl (C=O) groups is 2. The van der Waals surface area contributed by atoms with Gasteiger partial charge in [-0.25, -0.2) is 9.78 Å². The Morgan fingerprint density at radius 1 is 1.12 bits per heavy atom. The summed E-state index contributed by atoms with van der Waals surface area (Å²) in [6, 6.07) is 9.20. The number of thiazole rings is 1. The first kappa shape index (κ1) is 16.9. The Labute approximate surface area is 148 Å². The van der Waals surface area contributed by atoms with Gasteiger partial charge in [0.2, 0.25) is 0 Å². The molecule has 0 radical (unpaired) electrons. The number of aryl methyl sites for hydroxylation is 3. The van der Waals surface area contributed by atoms with Crippen LogP contribution in [0.4, 0.5) is 10.5 Å². The molecule has 1 aromatic heterocycles. The van der Waals surface area contributed by atoms with E-state index in [1.807, 2.05) is 32.9 Å². The maximum Gasteiger partial charge on any atom is 0.411 e. The van der Waals surface area contributed by atoms with Crippen molar-refractivity contribution >= 4 is 39.2 Å². The fourth-order valence-corrected chi connectivity index (χ4v) is 3.54. The zero-order valence-electron chi connectivity index (χ0n) is 14.0. The Bertz CT molecular complexity index is 971. The number of nitrogens with one attached hydrogen (secondary N) is 1. The molecule has 7 heteroatoms. The van der Waals surface area contributed by atoms with Crippen LogP contribution in [-0.4, -0.2) is 17.0 Å². The molecule has 128 valence electrons. The highest BCUT2D eigenvalue weighted by Gasteiger charge is 2.13. The number of nitrogens with zero attached hydrogens (tertiary/aromatic N) is 1. The van der Waals surface area contributed by atoms with E-state index in [0.29, 0.717) is 11.1 Å². The van der Waals surface area contributed by atoms with Crippen LogP contribution in [0.25, 0.3) is 10.2 Å². The van der Waals surface area contributed by atoms with Gasteiger partial charge in [0.15, 0.2) is 0 Å². The van der Waals surface area contributed by atoms with Gasteiger partial charge in [0.05, 0.1) is 10.2 Å². The number of hydrogen-bond acceptors (Lipinski definition) is 5. The third-order valence-electron chi connectivity index (χ3n) is 3.73. The number of fused-ring (bicyclic) bond motifs is 1. The van der Waals surface area contributed by atoms with Crippen molar-refractivity contribution in [2.75, 3.05) is 5.32 Å². The van der Waals surface area contributed by atoms with Gasteiger partial charge in [-0.1, -0.05) is 29.0 Å². The van der Waals surface area contributed by atoms with Crippen LogP contribution in [0.15, 0.2) is 30.3 Å². The summed E-state index contributed by atoms with van der Waals surface area (Å²) in [5.41, 5.74) is 10.0. The molecule has 0 aliphatic heterocycles. The molecular weight excluding hydrogens is 338 g/mol. The van der Waals surface area contributed by atoms with Crippen molar-refractivity contribution in [3.63, 3.8) is 0 Å². The number of nitrogens with two attached hydrogens (primary N) is 1. The summed E-state index contributed by atoms with van der Waals surface area (Å²) in [6.45, 7) is 5.95. The van der Waals surface area contributed by atoms with E-state index in [9.17, 15) is 9.59 Å². The molecule has 0 unspecified atom stereocenters. The Balaban J connectivity index is 1.88. The summed E-state index contributed by atoms with van der Waals surface area (Å²) < 4.78 is 5.58. The average Bonchev–Trinajstić information content (AvgIpc) is 2.90. The minimum absolute atomic E-state index is 0.158. The molecule has 3 rings (SSSR count). The fraction of sp³-hybridized carbons (Fsp3) is 0.167. The summed E-state index contributed by atoms with van der Waals surface area (Å²) in [7, 11) is 0. The molecule has 0 saturated heterocycles. The molecule has 0 spiro atoms. The van der Waals surface area contributed by atoms with Crippen molar-refractivity contribution in [2.45, 2.75) is 20.8 Å². The van der Waals surface area contributed by atoms with Crippen LogP contribution in [0.5, 0.6) is 5.19 Å². The van der Waals surface area contributed by atoms with Crippen molar-refractivity contribution in [1.29, 1.82) is 0 Å². The molecule has 0 aliphatic carbocycles. The van der Waals surface area contributed by atoms with E-state index in [0.717, 1.165) is 27.1 Å². The molecule has 2 aromatic carbocycles. The number of primary amides is 1. The van der Waals surface area contributed by atoms with Crippen LogP contribution in [0.1, 0.15) is 27.0 Å². The van der Waals surface area contributed by atoms with E-state index in [1.165, 1.54) is 11.3 Å². The lowest BCUT2D eigenvalue weighted by Gasteiger charge is -2.12. The van der Waals surface area contributed by atoms with E-state index in [-0.39, 0.29) is 11.1 Å². The zero-order valence-corrected chi connectivity index (χ0v) is 14.9. The number of anilines is 1. The molecule has 0 fully saturated rings.